The van der Waals surface area contributed by atoms with Gasteiger partial charge in [0.15, 0.2) is 10.9 Å². The molecule has 0 N–H and O–H groups in total. The summed E-state index contributed by atoms with van der Waals surface area (Å²) in [6.07, 6.45) is 2.92. The van der Waals surface area contributed by atoms with Crippen LogP contribution in [0.5, 0.6) is 5.75 Å². The molecule has 0 saturated heterocycles. The highest BCUT2D eigenvalue weighted by Gasteiger charge is 2.27. The number of benzene rings is 2. The molecule has 0 amide bonds. The van der Waals surface area contributed by atoms with E-state index in [1.165, 1.54) is 16.6 Å². The molecule has 182 valence electrons. The minimum Gasteiger partial charge on any atom is -0.497 e. The van der Waals surface area contributed by atoms with Crippen LogP contribution in [0.2, 0.25) is 0 Å². The molecule has 1 aliphatic rings. The fourth-order valence-corrected chi connectivity index (χ4v) is 7.18. The highest BCUT2D eigenvalue weighted by molar-refractivity contribution is 7.99. The van der Waals surface area contributed by atoms with Gasteiger partial charge in [-0.05, 0) is 55.0 Å². The number of hydrogen-bond acceptors (Lipinski definition) is 7. The van der Waals surface area contributed by atoms with Gasteiger partial charge in [0.05, 0.1) is 23.9 Å². The van der Waals surface area contributed by atoms with Gasteiger partial charge in [-0.3, -0.25) is 9.59 Å². The van der Waals surface area contributed by atoms with Crippen molar-refractivity contribution in [2.45, 2.75) is 31.3 Å². The van der Waals surface area contributed by atoms with Crippen LogP contribution in [0.3, 0.4) is 0 Å². The second-order valence-electron chi connectivity index (χ2n) is 9.07. The molecule has 2 aromatic carbocycles. The monoisotopic (exact) mass is 516 g/mol. The van der Waals surface area contributed by atoms with Gasteiger partial charge in [-0.2, -0.15) is 0 Å². The largest absolute Gasteiger partial charge is 0.497 e. The van der Waals surface area contributed by atoms with Crippen LogP contribution in [0.15, 0.2) is 64.5 Å². The highest BCUT2D eigenvalue weighted by atomic mass is 32.2. The molecule has 1 atom stereocenters. The van der Waals surface area contributed by atoms with E-state index in [9.17, 15) is 9.59 Å². The van der Waals surface area contributed by atoms with E-state index in [0.29, 0.717) is 33.9 Å². The number of hydrogen-bond donors (Lipinski definition) is 0. The van der Waals surface area contributed by atoms with Crippen molar-refractivity contribution in [2.75, 3.05) is 12.9 Å². The SMILES string of the molecule is COc1ccc(-n2c(=O)c3c4c(sc3n3c(SCC(=O)c5ccccc5)nnc23)C[C@H](C)CC4)cc1. The first-order valence-electron chi connectivity index (χ1n) is 11.8. The summed E-state index contributed by atoms with van der Waals surface area (Å²) in [4.78, 5) is 28.9. The lowest BCUT2D eigenvalue weighted by molar-refractivity contribution is 0.102. The van der Waals surface area contributed by atoms with Gasteiger partial charge >= 0.3 is 0 Å². The standard InChI is InChI=1S/C27H24N4O3S2/c1-16-8-13-20-22(14-16)36-25-23(20)24(33)30(18-9-11-19(34-2)12-10-18)26-28-29-27(31(25)26)35-15-21(32)17-6-4-3-5-7-17/h3-7,9-12,16H,8,13-15H2,1-2H3/t16-/m1/s1. The first-order chi connectivity index (χ1) is 17.5. The van der Waals surface area contributed by atoms with Gasteiger partial charge in [0.25, 0.3) is 5.56 Å². The number of ether oxygens (including phenoxy) is 1. The number of carbonyl (C=O) groups excluding carboxylic acids is 1. The zero-order chi connectivity index (χ0) is 24.8. The number of ketones is 1. The average molecular weight is 517 g/mol. The molecule has 5 aromatic rings. The summed E-state index contributed by atoms with van der Waals surface area (Å²) in [5, 5.41) is 10.2. The van der Waals surface area contributed by atoms with Crippen LogP contribution in [-0.4, -0.2) is 37.8 Å². The number of thioether (sulfide) groups is 1. The lowest BCUT2D eigenvalue weighted by atomic mass is 9.89. The van der Waals surface area contributed by atoms with Crippen molar-refractivity contribution in [3.05, 3.63) is 81.0 Å². The number of thiophene rings is 1. The average Bonchev–Trinajstić information content (AvgIpc) is 3.49. The van der Waals surface area contributed by atoms with Gasteiger partial charge in [0.1, 0.15) is 10.6 Å². The second-order valence-corrected chi connectivity index (χ2v) is 11.1. The zero-order valence-electron chi connectivity index (χ0n) is 19.9. The number of methoxy groups -OCH3 is 1. The van der Waals surface area contributed by atoms with Crippen LogP contribution in [0.1, 0.15) is 34.1 Å². The summed E-state index contributed by atoms with van der Waals surface area (Å²) in [7, 11) is 1.61. The molecular formula is C27H24N4O3S2. The Hall–Kier alpha value is -3.43. The fraction of sp³-hybridized carbons (Fsp3) is 0.259. The van der Waals surface area contributed by atoms with E-state index in [1.807, 2.05) is 59.0 Å². The van der Waals surface area contributed by atoms with Crippen LogP contribution in [0, 0.1) is 5.92 Å². The predicted molar refractivity (Wildman–Crippen MR) is 143 cm³/mol. The zero-order valence-corrected chi connectivity index (χ0v) is 21.6. The molecule has 0 aliphatic heterocycles. The topological polar surface area (TPSA) is 78.5 Å². The van der Waals surface area contributed by atoms with Crippen molar-refractivity contribution >= 4 is 44.9 Å². The summed E-state index contributed by atoms with van der Waals surface area (Å²) in [5.41, 5.74) is 2.42. The molecule has 1 aliphatic carbocycles. The minimum atomic E-state index is -0.0842. The Balaban J connectivity index is 1.53. The van der Waals surface area contributed by atoms with Gasteiger partial charge < -0.3 is 4.74 Å². The van der Waals surface area contributed by atoms with E-state index in [4.69, 9.17) is 4.74 Å². The molecule has 0 unspecified atom stereocenters. The summed E-state index contributed by atoms with van der Waals surface area (Å²) in [6.45, 7) is 2.26. The number of fused-ring (bicyclic) bond motifs is 5. The van der Waals surface area contributed by atoms with Gasteiger partial charge in [0, 0.05) is 10.4 Å². The fourth-order valence-electron chi connectivity index (χ4n) is 4.80. The normalized spacial score (nSPS) is 15.3. The maximum Gasteiger partial charge on any atom is 0.268 e. The molecule has 6 rings (SSSR count). The number of Topliss-reactive ketones (excluding diaryl/α,β-unsaturated/α-hetero) is 1. The second kappa shape index (κ2) is 9.22. The van der Waals surface area contributed by atoms with E-state index in [-0.39, 0.29) is 17.1 Å². The van der Waals surface area contributed by atoms with Gasteiger partial charge in [0.2, 0.25) is 5.78 Å². The van der Waals surface area contributed by atoms with E-state index >= 15 is 0 Å². The third kappa shape index (κ3) is 3.83. The third-order valence-corrected chi connectivity index (χ3v) is 8.86. The van der Waals surface area contributed by atoms with Crippen molar-refractivity contribution in [1.29, 1.82) is 0 Å². The molecule has 9 heteroatoms. The smallest absolute Gasteiger partial charge is 0.268 e. The van der Waals surface area contributed by atoms with E-state index in [2.05, 4.69) is 17.1 Å². The molecule has 3 heterocycles. The van der Waals surface area contributed by atoms with Crippen molar-refractivity contribution in [3.8, 4) is 11.4 Å². The lowest BCUT2D eigenvalue weighted by Crippen LogP contribution is -2.22. The number of aryl methyl sites for hydroxylation is 1. The Kier molecular flexibility index (Phi) is 5.89. The molecule has 36 heavy (non-hydrogen) atoms. The number of aromatic nitrogens is 4. The third-order valence-electron chi connectivity index (χ3n) is 6.69. The summed E-state index contributed by atoms with van der Waals surface area (Å²) in [6, 6.07) is 16.6. The molecule has 0 saturated carbocycles. The van der Waals surface area contributed by atoms with E-state index in [1.54, 1.807) is 23.0 Å². The summed E-state index contributed by atoms with van der Waals surface area (Å²) >= 11 is 3.01. The lowest BCUT2D eigenvalue weighted by Gasteiger charge is -2.17. The molecule has 3 aromatic heterocycles. The van der Waals surface area contributed by atoms with Crippen molar-refractivity contribution in [2.24, 2.45) is 5.92 Å². The van der Waals surface area contributed by atoms with Crippen LogP contribution < -0.4 is 10.3 Å². The molecular weight excluding hydrogens is 492 g/mol. The van der Waals surface area contributed by atoms with E-state index in [0.717, 1.165) is 35.0 Å². The highest BCUT2D eigenvalue weighted by Crippen LogP contribution is 2.38. The molecule has 0 bridgehead atoms. The Labute approximate surface area is 215 Å². The minimum absolute atomic E-state index is 0.0244. The van der Waals surface area contributed by atoms with Crippen molar-refractivity contribution < 1.29 is 9.53 Å². The van der Waals surface area contributed by atoms with Gasteiger partial charge in [-0.25, -0.2) is 8.97 Å². The van der Waals surface area contributed by atoms with Crippen LogP contribution in [0.25, 0.3) is 21.7 Å². The van der Waals surface area contributed by atoms with Crippen LogP contribution >= 0.6 is 23.1 Å². The van der Waals surface area contributed by atoms with Crippen LogP contribution in [0.4, 0.5) is 0 Å². The molecule has 0 fully saturated rings. The number of rotatable bonds is 6. The summed E-state index contributed by atoms with van der Waals surface area (Å²) in [5.74, 6) is 2.00. The Morgan fingerprint density at radius 2 is 1.92 bits per heavy atom. The maximum atomic E-state index is 14.0. The molecule has 7 nitrogen and oxygen atoms in total. The number of carbonyl (C=O) groups is 1. The Morgan fingerprint density at radius 1 is 1.14 bits per heavy atom. The number of nitrogens with zero attached hydrogens (tertiary/aromatic N) is 4. The van der Waals surface area contributed by atoms with Crippen LogP contribution in [-0.2, 0) is 12.8 Å². The van der Waals surface area contributed by atoms with Gasteiger partial charge in [-0.1, -0.05) is 49.0 Å². The van der Waals surface area contributed by atoms with Crippen molar-refractivity contribution in [3.63, 3.8) is 0 Å². The summed E-state index contributed by atoms with van der Waals surface area (Å²) < 4.78 is 8.89. The Bertz CT molecular complexity index is 1650. The molecule has 0 radical (unpaired) electrons. The Morgan fingerprint density at radius 3 is 2.67 bits per heavy atom. The maximum absolute atomic E-state index is 14.0. The van der Waals surface area contributed by atoms with E-state index < -0.39 is 0 Å². The first-order valence-corrected chi connectivity index (χ1v) is 13.6. The van der Waals surface area contributed by atoms with Gasteiger partial charge in [-0.15, -0.1) is 21.5 Å². The molecule has 0 spiro atoms. The quantitative estimate of drug-likeness (QED) is 0.228. The predicted octanol–water partition coefficient (Wildman–Crippen LogP) is 5.20. The first kappa shape index (κ1) is 23.0. The van der Waals surface area contributed by atoms with Crippen molar-refractivity contribution in [1.82, 2.24) is 19.2 Å².